The number of anilines is 1. The molecule has 0 radical (unpaired) electrons. The smallest absolute Gasteiger partial charge is 0.261 e. The van der Waals surface area contributed by atoms with E-state index in [9.17, 15) is 0 Å². The van der Waals surface area contributed by atoms with Crippen LogP contribution in [0.25, 0.3) is 0 Å². The van der Waals surface area contributed by atoms with Crippen molar-refractivity contribution in [3.05, 3.63) is 107 Å². The molecule has 0 aliphatic carbocycles. The van der Waals surface area contributed by atoms with E-state index in [1.54, 1.807) is 0 Å². The van der Waals surface area contributed by atoms with Crippen LogP contribution in [0.5, 0.6) is 5.75 Å². The normalized spacial score (nSPS) is 14.9. The highest BCUT2D eigenvalue weighted by molar-refractivity contribution is 7.10. The first kappa shape index (κ1) is 29.6. The van der Waals surface area contributed by atoms with Crippen molar-refractivity contribution in [2.75, 3.05) is 31.1 Å². The minimum atomic E-state index is -2.54. The van der Waals surface area contributed by atoms with E-state index in [-0.39, 0.29) is 11.1 Å². The van der Waals surface area contributed by atoms with Crippen molar-refractivity contribution >= 4 is 35.7 Å². The van der Waals surface area contributed by atoms with Crippen LogP contribution in [0.4, 0.5) is 5.69 Å². The van der Waals surface area contributed by atoms with E-state index in [2.05, 4.69) is 141 Å². The topological polar surface area (TPSA) is 24.9 Å². The average molecular weight is 585 g/mol. The molecule has 216 valence electrons. The first-order valence-corrected chi connectivity index (χ1v) is 17.6. The number of piperazine rings is 1. The summed E-state index contributed by atoms with van der Waals surface area (Å²) in [5, 5.41) is 4.93. The summed E-state index contributed by atoms with van der Waals surface area (Å²) in [7, 11) is -2.54. The SMILES string of the molecule is CC(C)Oc1ccccc1N1CCN(Cc2cc(CO[Si](c3ccccc3)(c3ccccc3)C(C)(C)C)cs2)CC1. The second-order valence-electron chi connectivity index (χ2n) is 12.3. The Morgan fingerprint density at radius 1 is 0.805 bits per heavy atom. The number of rotatable bonds is 10. The van der Waals surface area contributed by atoms with Crippen molar-refractivity contribution in [2.24, 2.45) is 0 Å². The van der Waals surface area contributed by atoms with Crippen LogP contribution < -0.4 is 20.0 Å². The summed E-state index contributed by atoms with van der Waals surface area (Å²) in [6, 6.07) is 32.6. The second-order valence-corrected chi connectivity index (χ2v) is 17.6. The number of thiophene rings is 1. The van der Waals surface area contributed by atoms with Gasteiger partial charge in [0.15, 0.2) is 0 Å². The molecule has 1 fully saturated rings. The fourth-order valence-corrected chi connectivity index (χ4v) is 11.4. The number of hydrogen-bond donors (Lipinski definition) is 0. The van der Waals surface area contributed by atoms with Crippen molar-refractivity contribution in [3.8, 4) is 5.75 Å². The molecular weight excluding hydrogens is 541 g/mol. The first-order valence-electron chi connectivity index (χ1n) is 14.8. The van der Waals surface area contributed by atoms with Gasteiger partial charge in [-0.2, -0.15) is 0 Å². The monoisotopic (exact) mass is 584 g/mol. The predicted octanol–water partition coefficient (Wildman–Crippen LogP) is 6.93. The van der Waals surface area contributed by atoms with E-state index in [0.717, 1.165) is 38.5 Å². The molecule has 4 aromatic rings. The van der Waals surface area contributed by atoms with Gasteiger partial charge in [-0.05, 0) is 58.4 Å². The summed E-state index contributed by atoms with van der Waals surface area (Å²) in [6.45, 7) is 16.9. The molecule has 0 N–H and O–H groups in total. The predicted molar refractivity (Wildman–Crippen MR) is 176 cm³/mol. The van der Waals surface area contributed by atoms with Gasteiger partial charge in [-0.3, -0.25) is 4.90 Å². The van der Waals surface area contributed by atoms with E-state index in [1.165, 1.54) is 26.5 Å². The lowest BCUT2D eigenvalue weighted by Crippen LogP contribution is -2.66. The van der Waals surface area contributed by atoms with Gasteiger partial charge in [0.2, 0.25) is 0 Å². The molecular formula is C35H44N2O2SSi. The fraction of sp³-hybridized carbons (Fsp3) is 0.371. The number of hydrogen-bond acceptors (Lipinski definition) is 5. The molecule has 41 heavy (non-hydrogen) atoms. The van der Waals surface area contributed by atoms with E-state index in [4.69, 9.17) is 9.16 Å². The molecule has 6 heteroatoms. The van der Waals surface area contributed by atoms with E-state index >= 15 is 0 Å². The van der Waals surface area contributed by atoms with E-state index in [1.807, 2.05) is 11.3 Å². The van der Waals surface area contributed by atoms with Crippen LogP contribution in [0.2, 0.25) is 5.04 Å². The number of nitrogens with zero attached hydrogens (tertiary/aromatic N) is 2. The van der Waals surface area contributed by atoms with Crippen LogP contribution in [0.15, 0.2) is 96.4 Å². The standard InChI is InChI=1S/C35H44N2O2SSi/c1-28(2)39-34-19-13-12-18-33(34)37-22-20-36(21-23-37)25-30-24-29(27-40-30)26-38-41(35(3,4)5,31-14-8-6-9-15-31)32-16-10-7-11-17-32/h6-19,24,27-28H,20-23,25-26H2,1-5H3. The maximum absolute atomic E-state index is 7.17. The van der Waals surface area contributed by atoms with Gasteiger partial charge in [0.25, 0.3) is 8.32 Å². The summed E-state index contributed by atoms with van der Waals surface area (Å²) in [5.74, 6) is 0.986. The van der Waals surface area contributed by atoms with Crippen molar-refractivity contribution in [2.45, 2.75) is 58.9 Å². The minimum Gasteiger partial charge on any atom is -0.489 e. The third kappa shape index (κ3) is 6.78. The van der Waals surface area contributed by atoms with Gasteiger partial charge in [-0.25, -0.2) is 0 Å². The van der Waals surface area contributed by atoms with Crippen LogP contribution in [0.1, 0.15) is 45.1 Å². The van der Waals surface area contributed by atoms with Gasteiger partial charge in [0.1, 0.15) is 5.75 Å². The van der Waals surface area contributed by atoms with Crippen LogP contribution >= 0.6 is 11.3 Å². The molecule has 0 unspecified atom stereocenters. The lowest BCUT2D eigenvalue weighted by Gasteiger charge is -2.43. The molecule has 1 saturated heterocycles. The molecule has 0 amide bonds. The number of ether oxygens (including phenoxy) is 1. The molecule has 3 aromatic carbocycles. The largest absolute Gasteiger partial charge is 0.489 e. The summed E-state index contributed by atoms with van der Waals surface area (Å²) < 4.78 is 13.3. The van der Waals surface area contributed by atoms with Crippen molar-refractivity contribution in [3.63, 3.8) is 0 Å². The van der Waals surface area contributed by atoms with Gasteiger partial charge in [0, 0.05) is 37.6 Å². The lowest BCUT2D eigenvalue weighted by molar-refractivity contribution is 0.236. The van der Waals surface area contributed by atoms with Crippen molar-refractivity contribution in [1.29, 1.82) is 0 Å². The zero-order valence-corrected chi connectivity index (χ0v) is 27.0. The highest BCUT2D eigenvalue weighted by Gasteiger charge is 2.50. The van der Waals surface area contributed by atoms with Crippen LogP contribution in [-0.2, 0) is 17.6 Å². The van der Waals surface area contributed by atoms with Crippen LogP contribution in [0.3, 0.4) is 0 Å². The number of para-hydroxylation sites is 2. The summed E-state index contributed by atoms with van der Waals surface area (Å²) >= 11 is 1.86. The quantitative estimate of drug-likeness (QED) is 0.189. The Morgan fingerprint density at radius 2 is 1.39 bits per heavy atom. The fourth-order valence-electron chi connectivity index (χ4n) is 5.98. The van der Waals surface area contributed by atoms with Crippen molar-refractivity contribution < 1.29 is 9.16 Å². The van der Waals surface area contributed by atoms with Gasteiger partial charge in [-0.1, -0.05) is 93.6 Å². The van der Waals surface area contributed by atoms with Gasteiger partial charge < -0.3 is 14.1 Å². The maximum Gasteiger partial charge on any atom is 0.261 e. The van der Waals surface area contributed by atoms with Gasteiger partial charge >= 0.3 is 0 Å². The Hall–Kier alpha value is -2.90. The van der Waals surface area contributed by atoms with Gasteiger partial charge in [0.05, 0.1) is 18.4 Å². The molecule has 4 nitrogen and oxygen atoms in total. The average Bonchev–Trinajstić information content (AvgIpc) is 3.41. The maximum atomic E-state index is 7.17. The lowest BCUT2D eigenvalue weighted by atomic mass is 10.2. The Labute approximate surface area is 251 Å². The zero-order chi connectivity index (χ0) is 28.9. The molecule has 0 bridgehead atoms. The Morgan fingerprint density at radius 3 is 1.98 bits per heavy atom. The molecule has 0 saturated carbocycles. The Bertz CT molecular complexity index is 1340. The second kappa shape index (κ2) is 12.9. The van der Waals surface area contributed by atoms with Crippen LogP contribution in [0, 0.1) is 0 Å². The molecule has 5 rings (SSSR count). The third-order valence-electron chi connectivity index (χ3n) is 7.90. The molecule has 1 aliphatic rings. The van der Waals surface area contributed by atoms with Gasteiger partial charge in [-0.15, -0.1) is 11.3 Å². The molecule has 2 heterocycles. The van der Waals surface area contributed by atoms with E-state index in [0.29, 0.717) is 6.61 Å². The Kier molecular flexibility index (Phi) is 9.34. The summed E-state index contributed by atoms with van der Waals surface area (Å²) in [6.07, 6.45) is 0.172. The van der Waals surface area contributed by atoms with Crippen molar-refractivity contribution in [1.82, 2.24) is 4.90 Å². The number of benzene rings is 3. The zero-order valence-electron chi connectivity index (χ0n) is 25.2. The summed E-state index contributed by atoms with van der Waals surface area (Å²) in [5.41, 5.74) is 2.48. The molecule has 1 aliphatic heterocycles. The Balaban J connectivity index is 1.25. The van der Waals surface area contributed by atoms with Crippen LogP contribution in [-0.4, -0.2) is 45.5 Å². The van der Waals surface area contributed by atoms with E-state index < -0.39 is 8.32 Å². The summed E-state index contributed by atoms with van der Waals surface area (Å²) in [4.78, 5) is 6.44. The molecule has 0 spiro atoms. The third-order valence-corrected chi connectivity index (χ3v) is 13.9. The first-order chi connectivity index (χ1) is 19.8. The molecule has 0 atom stereocenters. The highest BCUT2D eigenvalue weighted by atomic mass is 32.1. The minimum absolute atomic E-state index is 0.0208. The molecule has 1 aromatic heterocycles. The highest BCUT2D eigenvalue weighted by Crippen LogP contribution is 2.37.